The number of carbonyl (C=O) groups is 1. The number of sulfonamides is 1. The van der Waals surface area contributed by atoms with Gasteiger partial charge in [0.2, 0.25) is 15.9 Å². The lowest BCUT2D eigenvalue weighted by molar-refractivity contribution is -0.131. The van der Waals surface area contributed by atoms with Crippen LogP contribution in [0.1, 0.15) is 52.4 Å². The van der Waals surface area contributed by atoms with E-state index in [1.54, 1.807) is 18.2 Å². The number of rotatable bonds is 4. The van der Waals surface area contributed by atoms with Crippen molar-refractivity contribution < 1.29 is 13.2 Å². The van der Waals surface area contributed by atoms with Crippen molar-refractivity contribution in [2.45, 2.75) is 57.6 Å². The van der Waals surface area contributed by atoms with E-state index in [1.165, 1.54) is 25.0 Å². The van der Waals surface area contributed by atoms with Crippen molar-refractivity contribution in [3.8, 4) is 0 Å². The minimum atomic E-state index is -3.21. The average Bonchev–Trinajstić information content (AvgIpc) is 2.87. The van der Waals surface area contributed by atoms with Crippen LogP contribution in [0, 0.1) is 5.92 Å². The normalized spacial score (nSPS) is 26.3. The van der Waals surface area contributed by atoms with Gasteiger partial charge in [0.1, 0.15) is 0 Å². The molecule has 3 aliphatic rings. The van der Waals surface area contributed by atoms with Gasteiger partial charge in [-0.2, -0.15) is 0 Å². The van der Waals surface area contributed by atoms with Crippen LogP contribution < -0.4 is 0 Å². The van der Waals surface area contributed by atoms with E-state index in [4.69, 9.17) is 0 Å². The Kier molecular flexibility index (Phi) is 6.41. The quantitative estimate of drug-likeness (QED) is 0.745. The molecule has 1 aliphatic carbocycles. The first-order valence-electron chi connectivity index (χ1n) is 10.1. The molecular formula is C19H33N3O3S. The van der Waals surface area contributed by atoms with Crippen molar-refractivity contribution in [3.05, 3.63) is 11.8 Å². The molecule has 0 radical (unpaired) electrons. The first kappa shape index (κ1) is 19.8. The Hall–Kier alpha value is -0.920. The van der Waals surface area contributed by atoms with Crippen molar-refractivity contribution in [2.75, 3.05) is 39.3 Å². The van der Waals surface area contributed by atoms with Crippen molar-refractivity contribution in [1.29, 1.82) is 0 Å². The molecule has 148 valence electrons. The van der Waals surface area contributed by atoms with Gasteiger partial charge in [-0.3, -0.25) is 9.69 Å². The van der Waals surface area contributed by atoms with E-state index in [2.05, 4.69) is 11.0 Å². The first-order chi connectivity index (χ1) is 12.4. The smallest absolute Gasteiger partial charge is 0.240 e. The van der Waals surface area contributed by atoms with E-state index < -0.39 is 10.0 Å². The third-order valence-corrected chi connectivity index (χ3v) is 8.21. The standard InChI is InChI=1S/C19H33N3O3S/c1-16(2)26(24,25)21-11-6-10-20(13-14-21)15-19(23)22-12-5-8-17-7-3-4-9-18(17)22/h9,16-17H,3-8,10-15H2,1-2H3. The molecule has 0 bridgehead atoms. The van der Waals surface area contributed by atoms with E-state index in [9.17, 15) is 13.2 Å². The van der Waals surface area contributed by atoms with Crippen molar-refractivity contribution >= 4 is 15.9 Å². The van der Waals surface area contributed by atoms with Gasteiger partial charge in [-0.1, -0.05) is 6.08 Å². The van der Waals surface area contributed by atoms with E-state index in [-0.39, 0.29) is 11.2 Å². The van der Waals surface area contributed by atoms with Crippen LogP contribution in [0.3, 0.4) is 0 Å². The molecule has 0 aromatic carbocycles. The third kappa shape index (κ3) is 4.31. The van der Waals surface area contributed by atoms with Gasteiger partial charge >= 0.3 is 0 Å². The van der Waals surface area contributed by atoms with Crippen molar-refractivity contribution in [3.63, 3.8) is 0 Å². The zero-order valence-electron chi connectivity index (χ0n) is 16.2. The van der Waals surface area contributed by atoms with Gasteiger partial charge in [0.25, 0.3) is 0 Å². The molecule has 2 fully saturated rings. The molecule has 6 nitrogen and oxygen atoms in total. The molecular weight excluding hydrogens is 350 g/mol. The molecule has 0 N–H and O–H groups in total. The van der Waals surface area contributed by atoms with Gasteiger partial charge in [-0.25, -0.2) is 12.7 Å². The summed E-state index contributed by atoms with van der Waals surface area (Å²) < 4.78 is 26.4. The summed E-state index contributed by atoms with van der Waals surface area (Å²) in [6.07, 6.45) is 8.88. The van der Waals surface area contributed by atoms with Crippen LogP contribution in [0.5, 0.6) is 0 Å². The van der Waals surface area contributed by atoms with Crippen LogP contribution in [-0.4, -0.2) is 72.9 Å². The summed E-state index contributed by atoms with van der Waals surface area (Å²) in [5.74, 6) is 0.750. The van der Waals surface area contributed by atoms with E-state index in [0.29, 0.717) is 32.1 Å². The monoisotopic (exact) mass is 383 g/mol. The lowest BCUT2D eigenvalue weighted by Crippen LogP contribution is -2.45. The van der Waals surface area contributed by atoms with Crippen LogP contribution in [0.25, 0.3) is 0 Å². The minimum absolute atomic E-state index is 0.183. The van der Waals surface area contributed by atoms with Gasteiger partial charge < -0.3 is 4.90 Å². The highest BCUT2D eigenvalue weighted by atomic mass is 32.2. The van der Waals surface area contributed by atoms with Gasteiger partial charge in [-0.05, 0) is 64.8 Å². The van der Waals surface area contributed by atoms with Crippen LogP contribution in [0.15, 0.2) is 11.8 Å². The highest BCUT2D eigenvalue weighted by Gasteiger charge is 2.32. The number of amides is 1. The number of fused-ring (bicyclic) bond motifs is 1. The third-order valence-electron chi connectivity index (χ3n) is 5.94. The number of carbonyl (C=O) groups excluding carboxylic acids is 1. The molecule has 2 aliphatic heterocycles. The summed E-state index contributed by atoms with van der Waals surface area (Å²) in [5, 5.41) is -0.390. The van der Waals surface area contributed by atoms with Crippen LogP contribution in [-0.2, 0) is 14.8 Å². The van der Waals surface area contributed by atoms with Crippen LogP contribution in [0.4, 0.5) is 0 Å². The molecule has 1 atom stereocenters. The molecule has 2 saturated heterocycles. The van der Waals surface area contributed by atoms with Gasteiger partial charge in [-0.15, -0.1) is 0 Å². The maximum atomic E-state index is 12.9. The fraction of sp³-hybridized carbons (Fsp3) is 0.842. The lowest BCUT2D eigenvalue weighted by Gasteiger charge is -2.38. The van der Waals surface area contributed by atoms with Crippen molar-refractivity contribution in [2.24, 2.45) is 5.92 Å². The zero-order valence-corrected chi connectivity index (χ0v) is 17.0. The molecule has 3 rings (SSSR count). The molecule has 26 heavy (non-hydrogen) atoms. The molecule has 7 heteroatoms. The Bertz CT molecular complexity index is 644. The Balaban J connectivity index is 1.59. The number of allylic oxidation sites excluding steroid dienone is 2. The largest absolute Gasteiger partial charge is 0.315 e. The fourth-order valence-corrected chi connectivity index (χ4v) is 5.70. The van der Waals surface area contributed by atoms with Gasteiger partial charge in [0.15, 0.2) is 0 Å². The van der Waals surface area contributed by atoms with E-state index in [1.807, 2.05) is 4.90 Å². The molecule has 1 amide bonds. The van der Waals surface area contributed by atoms with Crippen molar-refractivity contribution in [1.82, 2.24) is 14.1 Å². The van der Waals surface area contributed by atoms with E-state index in [0.717, 1.165) is 32.4 Å². The van der Waals surface area contributed by atoms with Gasteiger partial charge in [0, 0.05) is 31.9 Å². The second-order valence-electron chi connectivity index (χ2n) is 8.07. The maximum absolute atomic E-state index is 12.9. The summed E-state index contributed by atoms with van der Waals surface area (Å²) >= 11 is 0. The SMILES string of the molecule is CC(C)S(=O)(=O)N1CCCN(CC(=O)N2CCCC3CCCC=C32)CC1. The Labute approximate surface area is 158 Å². The molecule has 0 saturated carbocycles. The molecule has 1 unspecified atom stereocenters. The molecule has 0 aromatic rings. The Morgan fingerprint density at radius 2 is 1.85 bits per heavy atom. The lowest BCUT2D eigenvalue weighted by atomic mass is 9.85. The second-order valence-corrected chi connectivity index (χ2v) is 10.6. The highest BCUT2D eigenvalue weighted by molar-refractivity contribution is 7.89. The Morgan fingerprint density at radius 1 is 1.08 bits per heavy atom. The summed E-state index contributed by atoms with van der Waals surface area (Å²) in [7, 11) is -3.21. The van der Waals surface area contributed by atoms with Crippen LogP contribution >= 0.6 is 0 Å². The highest BCUT2D eigenvalue weighted by Crippen LogP contribution is 2.35. The Morgan fingerprint density at radius 3 is 2.62 bits per heavy atom. The molecule has 0 aromatic heterocycles. The van der Waals surface area contributed by atoms with Gasteiger partial charge in [0.05, 0.1) is 11.8 Å². The summed E-state index contributed by atoms with van der Waals surface area (Å²) in [6.45, 7) is 7.16. The average molecular weight is 384 g/mol. The number of hydrogen-bond donors (Lipinski definition) is 0. The van der Waals surface area contributed by atoms with Crippen LogP contribution in [0.2, 0.25) is 0 Å². The summed E-state index contributed by atoms with van der Waals surface area (Å²) in [5.41, 5.74) is 1.26. The number of piperidine rings is 1. The summed E-state index contributed by atoms with van der Waals surface area (Å²) in [4.78, 5) is 17.1. The molecule has 0 spiro atoms. The predicted octanol–water partition coefficient (Wildman–Crippen LogP) is 2.04. The number of likely N-dealkylation sites (tertiary alicyclic amines) is 1. The number of hydrogen-bond acceptors (Lipinski definition) is 4. The van der Waals surface area contributed by atoms with E-state index >= 15 is 0 Å². The fourth-order valence-electron chi connectivity index (χ4n) is 4.38. The summed E-state index contributed by atoms with van der Waals surface area (Å²) in [6, 6.07) is 0. The zero-order chi connectivity index (χ0) is 18.7. The molecule has 2 heterocycles. The first-order valence-corrected chi connectivity index (χ1v) is 11.6. The predicted molar refractivity (Wildman–Crippen MR) is 103 cm³/mol. The number of nitrogens with zero attached hydrogens (tertiary/aromatic N) is 3. The second kappa shape index (κ2) is 8.40. The maximum Gasteiger partial charge on any atom is 0.240 e. The topological polar surface area (TPSA) is 60.9 Å². The minimum Gasteiger partial charge on any atom is -0.315 e.